The summed E-state index contributed by atoms with van der Waals surface area (Å²) in [6.07, 6.45) is 6.19. The summed E-state index contributed by atoms with van der Waals surface area (Å²) in [6.45, 7) is 10.5. The van der Waals surface area contributed by atoms with Crippen LogP contribution in [0.5, 0.6) is 0 Å². The van der Waals surface area contributed by atoms with Crippen LogP contribution in [0.1, 0.15) is 68.7 Å². The minimum Gasteiger partial charge on any atom is -0.444 e. The first-order chi connectivity index (χ1) is 19.7. The number of carbonyl (C=O) groups excluding carboxylic acids is 1. The molecule has 2 aliphatic heterocycles. The molecule has 2 aliphatic rings. The van der Waals surface area contributed by atoms with Crippen LogP contribution in [0.4, 0.5) is 16.4 Å². The number of thiazole rings is 1. The Balaban J connectivity index is 1.26. The van der Waals surface area contributed by atoms with Crippen molar-refractivity contribution in [2.75, 3.05) is 31.6 Å². The van der Waals surface area contributed by atoms with E-state index in [9.17, 15) is 4.79 Å². The molecule has 9 nitrogen and oxygen atoms in total. The van der Waals surface area contributed by atoms with Gasteiger partial charge in [-0.2, -0.15) is 0 Å². The average Bonchev–Trinajstić information content (AvgIpc) is 3.61. The molecule has 41 heavy (non-hydrogen) atoms. The van der Waals surface area contributed by atoms with Gasteiger partial charge in [0.2, 0.25) is 0 Å². The molecule has 214 valence electrons. The van der Waals surface area contributed by atoms with E-state index in [2.05, 4.69) is 21.4 Å². The summed E-state index contributed by atoms with van der Waals surface area (Å²) in [5, 5.41) is 4.30. The summed E-state index contributed by atoms with van der Waals surface area (Å²) in [5.41, 5.74) is 4.65. The fourth-order valence-electron chi connectivity index (χ4n) is 5.56. The normalized spacial score (nSPS) is 18.1. The van der Waals surface area contributed by atoms with Gasteiger partial charge in [-0.05, 0) is 76.1 Å². The summed E-state index contributed by atoms with van der Waals surface area (Å²) < 4.78 is 12.3. The molecule has 2 saturated heterocycles. The molecule has 2 fully saturated rings. The maximum atomic E-state index is 12.8. The second-order valence-corrected chi connectivity index (χ2v) is 12.9. The number of aromatic nitrogens is 4. The summed E-state index contributed by atoms with van der Waals surface area (Å²) in [6, 6.07) is 10.2. The monoisotopic (exact) mass is 572 g/mol. The highest BCUT2D eigenvalue weighted by molar-refractivity contribution is 7.21. The van der Waals surface area contributed by atoms with Gasteiger partial charge in [-0.1, -0.05) is 12.1 Å². The maximum absolute atomic E-state index is 12.8. The van der Waals surface area contributed by atoms with Crippen molar-refractivity contribution in [3.63, 3.8) is 0 Å². The zero-order valence-corrected chi connectivity index (χ0v) is 24.8. The second-order valence-electron chi connectivity index (χ2n) is 11.8. The number of pyridine rings is 3. The number of hydrogen-bond acceptors (Lipinski definition) is 9. The van der Waals surface area contributed by atoms with E-state index in [-0.39, 0.29) is 12.0 Å². The van der Waals surface area contributed by atoms with E-state index in [0.717, 1.165) is 70.5 Å². The number of ether oxygens (including phenoxy) is 2. The molecule has 1 atom stereocenters. The Bertz CT molecular complexity index is 1560. The van der Waals surface area contributed by atoms with Crippen molar-refractivity contribution in [2.45, 2.75) is 64.4 Å². The van der Waals surface area contributed by atoms with Gasteiger partial charge in [0.15, 0.2) is 0 Å². The van der Waals surface area contributed by atoms with Crippen molar-refractivity contribution < 1.29 is 14.3 Å². The van der Waals surface area contributed by atoms with Crippen LogP contribution in [0, 0.1) is 6.92 Å². The lowest BCUT2D eigenvalue weighted by Crippen LogP contribution is -2.35. The van der Waals surface area contributed by atoms with Gasteiger partial charge in [0.25, 0.3) is 0 Å². The van der Waals surface area contributed by atoms with Gasteiger partial charge in [0, 0.05) is 50.7 Å². The maximum Gasteiger partial charge on any atom is 0.410 e. The predicted molar refractivity (Wildman–Crippen MR) is 161 cm³/mol. The number of amides is 1. The molecule has 0 spiro atoms. The third kappa shape index (κ3) is 6.18. The number of fused-ring (bicyclic) bond motifs is 1. The molecule has 0 aromatic carbocycles. The highest BCUT2D eigenvalue weighted by atomic mass is 32.1. The largest absolute Gasteiger partial charge is 0.444 e. The van der Waals surface area contributed by atoms with E-state index in [1.807, 2.05) is 63.1 Å². The Kier molecular flexibility index (Phi) is 7.61. The van der Waals surface area contributed by atoms with Crippen LogP contribution in [-0.4, -0.2) is 62.8 Å². The first kappa shape index (κ1) is 27.5. The molecular formula is C31H36N6O3S. The molecular weight excluding hydrogens is 536 g/mol. The van der Waals surface area contributed by atoms with Crippen LogP contribution in [0.3, 0.4) is 0 Å². The standard InChI is InChI=1S/C31H36N6O3S/c1-19-6-5-12-32-27(19)29-34-23-16-26(33-17-24(23)41-29)35-25-8-7-22(20-10-14-39-15-11-20)28(36-25)21-9-13-37(18-21)30(38)40-31(2,3)4/h5-8,12,16-17,20-21H,9-11,13-15,18H2,1-4H3,(H,33,35,36). The molecule has 10 heteroatoms. The van der Waals surface area contributed by atoms with Crippen molar-refractivity contribution in [1.29, 1.82) is 0 Å². The average molecular weight is 573 g/mol. The SMILES string of the molecule is Cc1cccnc1-c1nc2cc(Nc3ccc(C4CCOCC4)c(C4CCN(C(=O)OC(C)(C)C)C4)n3)ncc2s1. The topological polar surface area (TPSA) is 102 Å². The number of likely N-dealkylation sites (tertiary alicyclic amines) is 1. The van der Waals surface area contributed by atoms with E-state index in [4.69, 9.17) is 19.4 Å². The quantitative estimate of drug-likeness (QED) is 0.278. The molecule has 4 aromatic heterocycles. The summed E-state index contributed by atoms with van der Waals surface area (Å²) in [7, 11) is 0. The Morgan fingerprint density at radius 2 is 1.90 bits per heavy atom. The van der Waals surface area contributed by atoms with Gasteiger partial charge in [-0.3, -0.25) is 4.98 Å². The fraction of sp³-hybridized carbons (Fsp3) is 0.452. The number of nitrogens with zero attached hydrogens (tertiary/aromatic N) is 5. The highest BCUT2D eigenvalue weighted by Gasteiger charge is 2.34. The van der Waals surface area contributed by atoms with Gasteiger partial charge in [0.1, 0.15) is 27.9 Å². The van der Waals surface area contributed by atoms with Crippen molar-refractivity contribution in [3.8, 4) is 10.7 Å². The van der Waals surface area contributed by atoms with Gasteiger partial charge in [-0.25, -0.2) is 19.7 Å². The molecule has 1 amide bonds. The molecule has 0 saturated carbocycles. The first-order valence-corrected chi connectivity index (χ1v) is 15.1. The molecule has 6 rings (SSSR count). The summed E-state index contributed by atoms with van der Waals surface area (Å²) in [5.74, 6) is 1.95. The van der Waals surface area contributed by atoms with E-state index in [1.54, 1.807) is 17.5 Å². The third-order valence-corrected chi connectivity index (χ3v) is 8.60. The predicted octanol–water partition coefficient (Wildman–Crippen LogP) is 6.82. The van der Waals surface area contributed by atoms with Gasteiger partial charge in [0.05, 0.1) is 15.9 Å². The fourth-order valence-corrected chi connectivity index (χ4v) is 6.53. The Labute approximate surface area is 244 Å². The van der Waals surface area contributed by atoms with Gasteiger partial charge in [-0.15, -0.1) is 11.3 Å². The van der Waals surface area contributed by atoms with E-state index >= 15 is 0 Å². The van der Waals surface area contributed by atoms with Crippen LogP contribution in [-0.2, 0) is 9.47 Å². The van der Waals surface area contributed by atoms with E-state index in [1.165, 1.54) is 5.56 Å². The first-order valence-electron chi connectivity index (χ1n) is 14.3. The van der Waals surface area contributed by atoms with Crippen LogP contribution >= 0.6 is 11.3 Å². The zero-order valence-electron chi connectivity index (χ0n) is 24.0. The number of nitrogens with one attached hydrogen (secondary N) is 1. The van der Waals surface area contributed by atoms with Crippen molar-refractivity contribution >= 4 is 39.3 Å². The molecule has 1 unspecified atom stereocenters. The number of aryl methyl sites for hydroxylation is 1. The molecule has 0 radical (unpaired) electrons. The molecule has 0 aliphatic carbocycles. The van der Waals surface area contributed by atoms with Gasteiger partial charge < -0.3 is 19.7 Å². The highest BCUT2D eigenvalue weighted by Crippen LogP contribution is 2.37. The number of rotatable bonds is 5. The van der Waals surface area contributed by atoms with Crippen LogP contribution in [0.15, 0.2) is 42.7 Å². The molecule has 6 heterocycles. The van der Waals surface area contributed by atoms with E-state index < -0.39 is 5.60 Å². The minimum absolute atomic E-state index is 0.139. The lowest BCUT2D eigenvalue weighted by Gasteiger charge is -2.27. The number of anilines is 2. The zero-order chi connectivity index (χ0) is 28.6. The smallest absolute Gasteiger partial charge is 0.410 e. The molecule has 1 N–H and O–H groups in total. The van der Waals surface area contributed by atoms with Crippen LogP contribution in [0.2, 0.25) is 0 Å². The third-order valence-electron chi connectivity index (χ3n) is 7.59. The second kappa shape index (κ2) is 11.3. The van der Waals surface area contributed by atoms with E-state index in [0.29, 0.717) is 24.8 Å². The summed E-state index contributed by atoms with van der Waals surface area (Å²) in [4.78, 5) is 33.8. The number of hydrogen-bond donors (Lipinski definition) is 1. The van der Waals surface area contributed by atoms with Crippen LogP contribution in [0.25, 0.3) is 20.9 Å². The molecule has 4 aromatic rings. The molecule has 0 bridgehead atoms. The lowest BCUT2D eigenvalue weighted by atomic mass is 9.86. The summed E-state index contributed by atoms with van der Waals surface area (Å²) >= 11 is 1.59. The van der Waals surface area contributed by atoms with Crippen molar-refractivity contribution in [3.05, 3.63) is 59.5 Å². The van der Waals surface area contributed by atoms with Gasteiger partial charge >= 0.3 is 6.09 Å². The Morgan fingerprint density at radius 1 is 1.07 bits per heavy atom. The minimum atomic E-state index is -0.521. The Hall–Kier alpha value is -3.63. The lowest BCUT2D eigenvalue weighted by molar-refractivity contribution is 0.0292. The van der Waals surface area contributed by atoms with Crippen molar-refractivity contribution in [2.24, 2.45) is 0 Å². The van der Waals surface area contributed by atoms with Crippen LogP contribution < -0.4 is 5.32 Å². The Morgan fingerprint density at radius 3 is 2.68 bits per heavy atom. The number of carbonyl (C=O) groups is 1. The van der Waals surface area contributed by atoms with Crippen molar-refractivity contribution in [1.82, 2.24) is 24.8 Å².